The fraction of sp³-hybridized carbons (Fsp3) is 0.250. The van der Waals surface area contributed by atoms with Gasteiger partial charge in [-0.1, -0.05) is 35.9 Å². The zero-order chi connectivity index (χ0) is 19.0. The van der Waals surface area contributed by atoms with E-state index in [9.17, 15) is 4.79 Å². The van der Waals surface area contributed by atoms with Crippen LogP contribution in [-0.4, -0.2) is 35.0 Å². The van der Waals surface area contributed by atoms with Crippen LogP contribution in [0.15, 0.2) is 42.5 Å². The molecule has 2 aromatic carbocycles. The van der Waals surface area contributed by atoms with Crippen molar-refractivity contribution in [1.82, 2.24) is 15.3 Å². The third-order valence-corrected chi connectivity index (χ3v) is 5.29. The number of anilines is 1. The van der Waals surface area contributed by atoms with E-state index >= 15 is 0 Å². The lowest BCUT2D eigenvalue weighted by Gasteiger charge is -2.23. The molecule has 138 valence electrons. The van der Waals surface area contributed by atoms with E-state index in [4.69, 9.17) is 17.3 Å². The molecule has 7 heteroatoms. The molecule has 1 aromatic heterocycles. The number of halogens is 1. The molecule has 6 nitrogen and oxygen atoms in total. The van der Waals surface area contributed by atoms with Gasteiger partial charge >= 0.3 is 0 Å². The van der Waals surface area contributed by atoms with E-state index in [-0.39, 0.29) is 12.0 Å². The predicted octanol–water partition coefficient (Wildman–Crippen LogP) is 2.86. The number of aryl methyl sites for hydroxylation is 1. The molecular weight excluding hydrogens is 362 g/mol. The smallest absolute Gasteiger partial charge is 0.250 e. The van der Waals surface area contributed by atoms with E-state index in [1.54, 1.807) is 19.1 Å². The molecule has 2 heterocycles. The Balaban J connectivity index is 1.74. The Hall–Kier alpha value is -2.70. The van der Waals surface area contributed by atoms with Gasteiger partial charge in [-0.25, -0.2) is 9.97 Å². The standard InChI is InChI=1S/C20H20ClN5O/c1-11-24-18-13(19(22)27)6-4-7-14(18)20(25-11)26-17-10-23-9-15(17)12-5-2-3-8-16(12)21/h2-8,15,17,23H,9-10H2,1H3,(H2,22,27)(H,24,25,26)/t15-,17+/m1/s1. The lowest BCUT2D eigenvalue weighted by Crippen LogP contribution is -2.28. The summed E-state index contributed by atoms with van der Waals surface area (Å²) >= 11 is 6.42. The summed E-state index contributed by atoms with van der Waals surface area (Å²) in [5.41, 5.74) is 7.59. The average molecular weight is 382 g/mol. The first-order valence-corrected chi connectivity index (χ1v) is 9.21. The maximum Gasteiger partial charge on any atom is 0.250 e. The van der Waals surface area contributed by atoms with E-state index in [1.807, 2.05) is 24.3 Å². The number of nitrogens with two attached hydrogens (primary N) is 1. The summed E-state index contributed by atoms with van der Waals surface area (Å²) in [5, 5.41) is 8.51. The first kappa shape index (κ1) is 17.7. The highest BCUT2D eigenvalue weighted by molar-refractivity contribution is 6.31. The number of para-hydroxylation sites is 1. The largest absolute Gasteiger partial charge is 0.366 e. The van der Waals surface area contributed by atoms with Crippen LogP contribution < -0.4 is 16.4 Å². The van der Waals surface area contributed by atoms with Gasteiger partial charge in [-0.2, -0.15) is 0 Å². The molecule has 4 N–H and O–H groups in total. The minimum Gasteiger partial charge on any atom is -0.366 e. The number of hydrogen-bond donors (Lipinski definition) is 3. The summed E-state index contributed by atoms with van der Waals surface area (Å²) in [6, 6.07) is 13.4. The minimum absolute atomic E-state index is 0.111. The van der Waals surface area contributed by atoms with Gasteiger partial charge in [0, 0.05) is 35.5 Å². The number of fused-ring (bicyclic) bond motifs is 1. The molecule has 0 unspecified atom stereocenters. The first-order valence-electron chi connectivity index (χ1n) is 8.83. The van der Waals surface area contributed by atoms with Crippen LogP contribution in [0, 0.1) is 6.92 Å². The number of nitrogens with one attached hydrogen (secondary N) is 2. The number of carbonyl (C=O) groups excluding carboxylic acids is 1. The lowest BCUT2D eigenvalue weighted by atomic mass is 9.94. The van der Waals surface area contributed by atoms with Crippen LogP contribution in [0.1, 0.15) is 27.7 Å². The van der Waals surface area contributed by atoms with Gasteiger partial charge in [-0.3, -0.25) is 4.79 Å². The van der Waals surface area contributed by atoms with E-state index < -0.39 is 5.91 Å². The Morgan fingerprint density at radius 2 is 2.00 bits per heavy atom. The van der Waals surface area contributed by atoms with Gasteiger partial charge in [0.15, 0.2) is 0 Å². The fourth-order valence-electron chi connectivity index (χ4n) is 3.68. The second-order valence-corrected chi connectivity index (χ2v) is 7.13. The number of aromatic nitrogens is 2. The summed E-state index contributed by atoms with van der Waals surface area (Å²) in [6.45, 7) is 3.42. The molecule has 4 rings (SSSR count). The van der Waals surface area contributed by atoms with Gasteiger partial charge < -0.3 is 16.4 Å². The maximum atomic E-state index is 11.8. The van der Waals surface area contributed by atoms with Crippen LogP contribution in [0.25, 0.3) is 10.9 Å². The van der Waals surface area contributed by atoms with Crippen molar-refractivity contribution in [2.75, 3.05) is 18.4 Å². The van der Waals surface area contributed by atoms with Crippen molar-refractivity contribution in [3.05, 3.63) is 64.4 Å². The summed E-state index contributed by atoms with van der Waals surface area (Å²) in [4.78, 5) is 20.8. The minimum atomic E-state index is -0.499. The molecular formula is C20H20ClN5O. The fourth-order valence-corrected chi connectivity index (χ4v) is 3.96. The highest BCUT2D eigenvalue weighted by Gasteiger charge is 2.30. The Kier molecular flexibility index (Phi) is 4.68. The molecule has 1 fully saturated rings. The van der Waals surface area contributed by atoms with E-state index in [0.29, 0.717) is 22.7 Å². The molecule has 1 saturated heterocycles. The van der Waals surface area contributed by atoms with Crippen LogP contribution in [-0.2, 0) is 0 Å². The quantitative estimate of drug-likeness (QED) is 0.646. The second kappa shape index (κ2) is 7.13. The summed E-state index contributed by atoms with van der Waals surface area (Å²) < 4.78 is 0. The Morgan fingerprint density at radius 1 is 1.19 bits per heavy atom. The summed E-state index contributed by atoms with van der Waals surface area (Å²) in [6.07, 6.45) is 0. The number of nitrogens with zero attached hydrogens (tertiary/aromatic N) is 2. The van der Waals surface area contributed by atoms with Crippen molar-refractivity contribution >= 4 is 34.2 Å². The van der Waals surface area contributed by atoms with Crippen molar-refractivity contribution in [1.29, 1.82) is 0 Å². The topological polar surface area (TPSA) is 92.9 Å². The molecule has 27 heavy (non-hydrogen) atoms. The van der Waals surface area contributed by atoms with Crippen LogP contribution >= 0.6 is 11.6 Å². The van der Waals surface area contributed by atoms with Crippen molar-refractivity contribution in [2.24, 2.45) is 5.73 Å². The number of primary amides is 1. The Labute approximate surface area is 162 Å². The number of amides is 1. The van der Waals surface area contributed by atoms with Crippen molar-refractivity contribution in [3.63, 3.8) is 0 Å². The van der Waals surface area contributed by atoms with Gasteiger partial charge in [0.2, 0.25) is 0 Å². The molecule has 2 atom stereocenters. The zero-order valence-corrected chi connectivity index (χ0v) is 15.6. The highest BCUT2D eigenvalue weighted by Crippen LogP contribution is 2.32. The highest BCUT2D eigenvalue weighted by atomic mass is 35.5. The Bertz CT molecular complexity index is 1020. The lowest BCUT2D eigenvalue weighted by molar-refractivity contribution is 0.100. The van der Waals surface area contributed by atoms with E-state index in [0.717, 1.165) is 29.1 Å². The van der Waals surface area contributed by atoms with Gasteiger partial charge in [0.25, 0.3) is 5.91 Å². The molecule has 3 aromatic rings. The Morgan fingerprint density at radius 3 is 2.78 bits per heavy atom. The maximum absolute atomic E-state index is 11.8. The molecule has 0 saturated carbocycles. The molecule has 0 bridgehead atoms. The normalized spacial score (nSPS) is 19.3. The van der Waals surface area contributed by atoms with Gasteiger partial charge in [0.05, 0.1) is 11.1 Å². The third kappa shape index (κ3) is 3.34. The molecule has 1 amide bonds. The summed E-state index contributed by atoms with van der Waals surface area (Å²) in [7, 11) is 0. The van der Waals surface area contributed by atoms with Gasteiger partial charge in [-0.15, -0.1) is 0 Å². The molecule has 0 aliphatic carbocycles. The number of rotatable bonds is 4. The van der Waals surface area contributed by atoms with Crippen LogP contribution in [0.2, 0.25) is 5.02 Å². The van der Waals surface area contributed by atoms with Gasteiger partial charge in [0.1, 0.15) is 11.6 Å². The van der Waals surface area contributed by atoms with Gasteiger partial charge in [-0.05, 0) is 30.7 Å². The predicted molar refractivity (Wildman–Crippen MR) is 107 cm³/mol. The zero-order valence-electron chi connectivity index (χ0n) is 14.9. The summed E-state index contributed by atoms with van der Waals surface area (Å²) in [5.74, 6) is 0.995. The SMILES string of the molecule is Cc1nc(N[C@H]2CNC[C@@H]2c2ccccc2Cl)c2cccc(C(N)=O)c2n1. The third-order valence-electron chi connectivity index (χ3n) is 4.94. The average Bonchev–Trinajstić information content (AvgIpc) is 3.09. The molecule has 0 radical (unpaired) electrons. The van der Waals surface area contributed by atoms with Crippen LogP contribution in [0.4, 0.5) is 5.82 Å². The van der Waals surface area contributed by atoms with Crippen LogP contribution in [0.5, 0.6) is 0 Å². The monoisotopic (exact) mass is 381 g/mol. The van der Waals surface area contributed by atoms with Crippen molar-refractivity contribution < 1.29 is 4.79 Å². The number of benzene rings is 2. The van der Waals surface area contributed by atoms with Crippen molar-refractivity contribution in [3.8, 4) is 0 Å². The van der Waals surface area contributed by atoms with E-state index in [1.165, 1.54) is 0 Å². The second-order valence-electron chi connectivity index (χ2n) is 6.72. The van der Waals surface area contributed by atoms with Crippen LogP contribution in [0.3, 0.4) is 0 Å². The first-order chi connectivity index (χ1) is 13.0. The van der Waals surface area contributed by atoms with E-state index in [2.05, 4.69) is 26.7 Å². The molecule has 0 spiro atoms. The number of carbonyl (C=O) groups is 1. The molecule has 1 aliphatic rings. The molecule has 1 aliphatic heterocycles. The number of hydrogen-bond acceptors (Lipinski definition) is 5. The van der Waals surface area contributed by atoms with Crippen molar-refractivity contribution in [2.45, 2.75) is 18.9 Å².